The maximum atomic E-state index is 14.0. The van der Waals surface area contributed by atoms with Gasteiger partial charge in [0.05, 0.1) is 10.6 Å². The molecule has 1 heterocycles. The van der Waals surface area contributed by atoms with Crippen molar-refractivity contribution in [3.8, 4) is 0 Å². The number of hydrogen-bond acceptors (Lipinski definition) is 2. The van der Waals surface area contributed by atoms with Crippen LogP contribution >= 0.6 is 11.6 Å². The van der Waals surface area contributed by atoms with Gasteiger partial charge < -0.3 is 10.6 Å². The zero-order valence-corrected chi connectivity index (χ0v) is 11.3. The van der Waals surface area contributed by atoms with Crippen LogP contribution in [-0.2, 0) is 6.42 Å². The zero-order valence-electron chi connectivity index (χ0n) is 10.6. The van der Waals surface area contributed by atoms with E-state index >= 15 is 0 Å². The summed E-state index contributed by atoms with van der Waals surface area (Å²) in [5.74, 6) is -1.08. The van der Waals surface area contributed by atoms with E-state index in [1.54, 1.807) is 23.1 Å². The molecule has 0 fully saturated rings. The van der Waals surface area contributed by atoms with Crippen molar-refractivity contribution in [2.24, 2.45) is 0 Å². The van der Waals surface area contributed by atoms with E-state index < -0.39 is 11.7 Å². The van der Waals surface area contributed by atoms with Crippen molar-refractivity contribution in [2.45, 2.75) is 6.42 Å². The first-order chi connectivity index (χ1) is 9.58. The van der Waals surface area contributed by atoms with E-state index in [4.69, 9.17) is 17.3 Å². The van der Waals surface area contributed by atoms with Gasteiger partial charge in [-0.3, -0.25) is 4.79 Å². The molecule has 0 radical (unpaired) electrons. The van der Waals surface area contributed by atoms with E-state index in [-0.39, 0.29) is 10.6 Å². The molecular weight excluding hydrogens is 279 g/mol. The number of rotatable bonds is 1. The van der Waals surface area contributed by atoms with Crippen LogP contribution in [0.1, 0.15) is 15.9 Å². The van der Waals surface area contributed by atoms with E-state index in [2.05, 4.69) is 0 Å². The zero-order chi connectivity index (χ0) is 14.3. The summed E-state index contributed by atoms with van der Waals surface area (Å²) in [6.07, 6.45) is 0.740. The molecule has 0 aromatic heterocycles. The lowest BCUT2D eigenvalue weighted by molar-refractivity contribution is 0.0985. The Kier molecular flexibility index (Phi) is 3.10. The first-order valence-corrected chi connectivity index (χ1v) is 6.60. The number of nitrogens with zero attached hydrogens (tertiary/aromatic N) is 1. The minimum absolute atomic E-state index is 0.0206. The number of carbonyl (C=O) groups excluding carboxylic acids is 1. The van der Waals surface area contributed by atoms with Crippen LogP contribution in [0.2, 0.25) is 5.02 Å². The summed E-state index contributed by atoms with van der Waals surface area (Å²) in [6.45, 7) is 0.517. The molecule has 1 amide bonds. The van der Waals surface area contributed by atoms with Crippen LogP contribution in [0.4, 0.5) is 15.8 Å². The number of amides is 1. The molecule has 1 aliphatic rings. The predicted molar refractivity (Wildman–Crippen MR) is 77.6 cm³/mol. The average molecular weight is 291 g/mol. The van der Waals surface area contributed by atoms with Crippen LogP contribution in [0.25, 0.3) is 0 Å². The molecule has 0 atom stereocenters. The molecule has 2 aromatic carbocycles. The summed E-state index contributed by atoms with van der Waals surface area (Å²) in [5, 5.41) is -0.0529. The van der Waals surface area contributed by atoms with Crippen LogP contribution < -0.4 is 10.6 Å². The number of hydrogen-bond donors (Lipinski definition) is 1. The minimum atomic E-state index is -0.684. The molecule has 5 heteroatoms. The van der Waals surface area contributed by atoms with Gasteiger partial charge >= 0.3 is 0 Å². The Hall–Kier alpha value is -2.07. The van der Waals surface area contributed by atoms with Gasteiger partial charge in [0.25, 0.3) is 5.91 Å². The van der Waals surface area contributed by atoms with Crippen molar-refractivity contribution >= 4 is 28.9 Å². The third-order valence-electron chi connectivity index (χ3n) is 3.43. The maximum Gasteiger partial charge on any atom is 0.261 e. The van der Waals surface area contributed by atoms with Crippen LogP contribution in [0.15, 0.2) is 36.4 Å². The highest BCUT2D eigenvalue weighted by Crippen LogP contribution is 2.32. The lowest BCUT2D eigenvalue weighted by Crippen LogP contribution is -2.29. The fourth-order valence-corrected chi connectivity index (χ4v) is 2.60. The van der Waals surface area contributed by atoms with Gasteiger partial charge in [-0.25, -0.2) is 4.39 Å². The molecule has 20 heavy (non-hydrogen) atoms. The van der Waals surface area contributed by atoms with Crippen molar-refractivity contribution < 1.29 is 9.18 Å². The lowest BCUT2D eigenvalue weighted by atomic mass is 10.1. The molecule has 0 aliphatic carbocycles. The van der Waals surface area contributed by atoms with E-state index in [0.717, 1.165) is 17.7 Å². The quantitative estimate of drug-likeness (QED) is 0.819. The second-order valence-corrected chi connectivity index (χ2v) is 5.10. The van der Waals surface area contributed by atoms with Gasteiger partial charge in [-0.2, -0.15) is 0 Å². The lowest BCUT2D eigenvalue weighted by Gasteiger charge is -2.18. The normalized spacial score (nSPS) is 13.4. The molecule has 3 rings (SSSR count). The molecule has 2 N–H and O–H groups in total. The van der Waals surface area contributed by atoms with Crippen LogP contribution in [-0.4, -0.2) is 12.5 Å². The number of nitrogen functional groups attached to an aromatic ring is 1. The van der Waals surface area contributed by atoms with Crippen molar-refractivity contribution in [1.29, 1.82) is 0 Å². The highest BCUT2D eigenvalue weighted by Gasteiger charge is 2.27. The fraction of sp³-hybridized carbons (Fsp3) is 0.133. The third kappa shape index (κ3) is 2.02. The SMILES string of the molecule is Nc1ccc2c(c1)N(C(=O)c1cccc(Cl)c1F)CC2. The topological polar surface area (TPSA) is 46.3 Å². The van der Waals surface area contributed by atoms with Crippen molar-refractivity contribution in [1.82, 2.24) is 0 Å². The Balaban J connectivity index is 2.02. The molecule has 3 nitrogen and oxygen atoms in total. The molecule has 1 aliphatic heterocycles. The first-order valence-electron chi connectivity index (χ1n) is 6.22. The van der Waals surface area contributed by atoms with E-state index in [1.807, 2.05) is 6.07 Å². The molecule has 2 aromatic rings. The Morgan fingerprint density at radius 3 is 2.90 bits per heavy atom. The standard InChI is InChI=1S/C15H12ClFN2O/c16-12-3-1-2-11(14(12)17)15(20)19-7-6-9-4-5-10(18)8-13(9)19/h1-5,8H,6-7,18H2. The number of fused-ring (bicyclic) bond motifs is 1. The van der Waals surface area contributed by atoms with Gasteiger partial charge in [-0.1, -0.05) is 23.7 Å². The van der Waals surface area contributed by atoms with Gasteiger partial charge in [0, 0.05) is 17.9 Å². The van der Waals surface area contributed by atoms with Crippen molar-refractivity contribution in [3.63, 3.8) is 0 Å². The van der Waals surface area contributed by atoms with Crippen molar-refractivity contribution in [3.05, 3.63) is 58.4 Å². The Bertz CT molecular complexity index is 702. The molecule has 102 valence electrons. The summed E-state index contributed by atoms with van der Waals surface area (Å²) in [7, 11) is 0. The predicted octanol–water partition coefficient (Wildman–Crippen LogP) is 3.26. The van der Waals surface area contributed by atoms with Crippen LogP contribution in [0, 0.1) is 5.82 Å². The molecule has 0 spiro atoms. The van der Waals surface area contributed by atoms with Gasteiger partial charge in [-0.15, -0.1) is 0 Å². The second kappa shape index (κ2) is 4.80. The summed E-state index contributed by atoms with van der Waals surface area (Å²) in [5.41, 5.74) is 8.09. The van der Waals surface area contributed by atoms with Crippen LogP contribution in [0.5, 0.6) is 0 Å². The summed E-state index contributed by atoms with van der Waals surface area (Å²) < 4.78 is 14.0. The second-order valence-electron chi connectivity index (χ2n) is 4.70. The van der Waals surface area contributed by atoms with E-state index in [0.29, 0.717) is 12.2 Å². The number of carbonyl (C=O) groups is 1. The number of benzene rings is 2. The Labute approximate surface area is 120 Å². The monoisotopic (exact) mass is 290 g/mol. The largest absolute Gasteiger partial charge is 0.399 e. The van der Waals surface area contributed by atoms with Gasteiger partial charge in [0.1, 0.15) is 0 Å². The number of anilines is 2. The van der Waals surface area contributed by atoms with Crippen molar-refractivity contribution in [2.75, 3.05) is 17.2 Å². The maximum absolute atomic E-state index is 14.0. The highest BCUT2D eigenvalue weighted by molar-refractivity contribution is 6.31. The van der Waals surface area contributed by atoms with Crippen LogP contribution in [0.3, 0.4) is 0 Å². The van der Waals surface area contributed by atoms with Gasteiger partial charge in [0.15, 0.2) is 5.82 Å². The third-order valence-corrected chi connectivity index (χ3v) is 3.72. The molecular formula is C15H12ClFN2O. The van der Waals surface area contributed by atoms with Gasteiger partial charge in [0.2, 0.25) is 0 Å². The van der Waals surface area contributed by atoms with Gasteiger partial charge in [-0.05, 0) is 36.2 Å². The van der Waals surface area contributed by atoms with E-state index in [1.165, 1.54) is 12.1 Å². The summed E-state index contributed by atoms with van der Waals surface area (Å²) in [4.78, 5) is 14.0. The summed E-state index contributed by atoms with van der Waals surface area (Å²) >= 11 is 5.72. The first kappa shape index (κ1) is 12.9. The smallest absolute Gasteiger partial charge is 0.261 e. The Morgan fingerprint density at radius 2 is 2.10 bits per heavy atom. The fourth-order valence-electron chi connectivity index (χ4n) is 2.42. The minimum Gasteiger partial charge on any atom is -0.399 e. The average Bonchev–Trinajstić information content (AvgIpc) is 2.84. The number of halogens is 2. The Morgan fingerprint density at radius 1 is 1.30 bits per heavy atom. The molecule has 0 saturated heterocycles. The molecule has 0 bridgehead atoms. The number of nitrogens with two attached hydrogens (primary N) is 1. The molecule has 0 unspecified atom stereocenters. The molecule has 0 saturated carbocycles. The summed E-state index contributed by atoms with van der Waals surface area (Å²) in [6, 6.07) is 9.86. The van der Waals surface area contributed by atoms with E-state index in [9.17, 15) is 9.18 Å². The highest BCUT2D eigenvalue weighted by atomic mass is 35.5.